The van der Waals surface area contributed by atoms with Crippen LogP contribution in [0.5, 0.6) is 0 Å². The quantitative estimate of drug-likeness (QED) is 0.897. The minimum atomic E-state index is -0.381. The monoisotopic (exact) mass is 297 g/mol. The van der Waals surface area contributed by atoms with Gasteiger partial charge in [-0.15, -0.1) is 0 Å². The van der Waals surface area contributed by atoms with E-state index in [0.29, 0.717) is 6.04 Å². The van der Waals surface area contributed by atoms with Crippen molar-refractivity contribution in [3.8, 4) is 0 Å². The van der Waals surface area contributed by atoms with Crippen LogP contribution in [0.25, 0.3) is 0 Å². The van der Waals surface area contributed by atoms with E-state index < -0.39 is 0 Å². The molecule has 1 fully saturated rings. The van der Waals surface area contributed by atoms with Crippen LogP contribution in [0.4, 0.5) is 0 Å². The van der Waals surface area contributed by atoms with Gasteiger partial charge < -0.3 is 10.4 Å². The molecule has 3 atom stereocenters. The zero-order chi connectivity index (χ0) is 12.3. The highest BCUT2D eigenvalue weighted by atomic mass is 79.9. The fourth-order valence-electron chi connectivity index (χ4n) is 2.54. The van der Waals surface area contributed by atoms with Crippen molar-refractivity contribution in [2.45, 2.75) is 38.3 Å². The van der Waals surface area contributed by atoms with E-state index in [1.165, 1.54) is 12.8 Å². The summed E-state index contributed by atoms with van der Waals surface area (Å²) in [5.41, 5.74) is 0.993. The molecule has 0 radical (unpaired) electrons. The Labute approximate surface area is 112 Å². The standard InChI is InChI=1S/C14H20BrNO/c1-10-6-7-16-11(8-10)9-14(17)12-4-2-3-5-13(12)15/h2-5,10-11,14,16-17H,6-9H2,1H3. The van der Waals surface area contributed by atoms with Crippen LogP contribution in [0.2, 0.25) is 0 Å². The van der Waals surface area contributed by atoms with Gasteiger partial charge in [-0.25, -0.2) is 0 Å². The van der Waals surface area contributed by atoms with E-state index in [2.05, 4.69) is 28.2 Å². The number of halogens is 1. The van der Waals surface area contributed by atoms with E-state index in [9.17, 15) is 5.11 Å². The molecule has 1 saturated heterocycles. The molecule has 3 heteroatoms. The molecule has 0 spiro atoms. The summed E-state index contributed by atoms with van der Waals surface area (Å²) in [5.74, 6) is 0.771. The molecule has 1 aliphatic heterocycles. The molecule has 1 aliphatic rings. The molecule has 1 aromatic rings. The number of nitrogens with one attached hydrogen (secondary N) is 1. The molecular weight excluding hydrogens is 278 g/mol. The van der Waals surface area contributed by atoms with E-state index >= 15 is 0 Å². The van der Waals surface area contributed by atoms with E-state index in [4.69, 9.17) is 0 Å². The van der Waals surface area contributed by atoms with Gasteiger partial charge in [0.1, 0.15) is 0 Å². The van der Waals surface area contributed by atoms with Crippen LogP contribution in [0, 0.1) is 5.92 Å². The third-order valence-electron chi connectivity index (χ3n) is 3.53. The molecular formula is C14H20BrNO. The van der Waals surface area contributed by atoms with Gasteiger partial charge in [-0.3, -0.25) is 0 Å². The number of benzene rings is 1. The van der Waals surface area contributed by atoms with Crippen molar-refractivity contribution in [1.29, 1.82) is 0 Å². The lowest BCUT2D eigenvalue weighted by molar-refractivity contribution is 0.137. The highest BCUT2D eigenvalue weighted by molar-refractivity contribution is 9.10. The topological polar surface area (TPSA) is 32.3 Å². The van der Waals surface area contributed by atoms with Crippen LogP contribution in [0.1, 0.15) is 37.9 Å². The lowest BCUT2D eigenvalue weighted by Gasteiger charge is -2.30. The fraction of sp³-hybridized carbons (Fsp3) is 0.571. The van der Waals surface area contributed by atoms with E-state index in [1.807, 2.05) is 24.3 Å². The average Bonchev–Trinajstić information content (AvgIpc) is 2.29. The first kappa shape index (κ1) is 13.1. The SMILES string of the molecule is CC1CCNC(CC(O)c2ccccc2Br)C1. The molecule has 3 unspecified atom stereocenters. The van der Waals surface area contributed by atoms with Crippen LogP contribution in [-0.2, 0) is 0 Å². The van der Waals surface area contributed by atoms with E-state index in [-0.39, 0.29) is 6.10 Å². The molecule has 0 bridgehead atoms. The predicted octanol–water partition coefficient (Wildman–Crippen LogP) is 3.26. The maximum atomic E-state index is 10.3. The van der Waals surface area contributed by atoms with Gasteiger partial charge in [-0.1, -0.05) is 41.1 Å². The van der Waals surface area contributed by atoms with Crippen LogP contribution in [0.15, 0.2) is 28.7 Å². The molecule has 0 aliphatic carbocycles. The summed E-state index contributed by atoms with van der Waals surface area (Å²) in [4.78, 5) is 0. The van der Waals surface area contributed by atoms with Crippen molar-refractivity contribution >= 4 is 15.9 Å². The van der Waals surface area contributed by atoms with E-state index in [1.54, 1.807) is 0 Å². The second-order valence-corrected chi connectivity index (χ2v) is 5.91. The Morgan fingerprint density at radius 2 is 2.24 bits per heavy atom. The Morgan fingerprint density at radius 1 is 1.47 bits per heavy atom. The highest BCUT2D eigenvalue weighted by Gasteiger charge is 2.22. The molecule has 94 valence electrons. The van der Waals surface area contributed by atoms with Crippen molar-refractivity contribution in [1.82, 2.24) is 5.32 Å². The van der Waals surface area contributed by atoms with Gasteiger partial charge >= 0.3 is 0 Å². The second-order valence-electron chi connectivity index (χ2n) is 5.05. The van der Waals surface area contributed by atoms with Gasteiger partial charge in [0.25, 0.3) is 0 Å². The second kappa shape index (κ2) is 5.98. The number of aliphatic hydroxyl groups is 1. The number of hydrogen-bond donors (Lipinski definition) is 2. The Hall–Kier alpha value is -0.380. The molecule has 0 aromatic heterocycles. The molecule has 2 rings (SSSR count). The minimum absolute atomic E-state index is 0.381. The maximum Gasteiger partial charge on any atom is 0.0815 e. The van der Waals surface area contributed by atoms with Crippen molar-refractivity contribution in [2.75, 3.05) is 6.54 Å². The van der Waals surface area contributed by atoms with Crippen LogP contribution >= 0.6 is 15.9 Å². The van der Waals surface area contributed by atoms with Gasteiger partial charge in [0.2, 0.25) is 0 Å². The Kier molecular flexibility index (Phi) is 4.60. The van der Waals surface area contributed by atoms with Gasteiger partial charge in [-0.05, 0) is 43.4 Å². The summed E-state index contributed by atoms with van der Waals surface area (Å²) >= 11 is 3.49. The molecule has 1 aromatic carbocycles. The zero-order valence-electron chi connectivity index (χ0n) is 10.2. The molecule has 0 saturated carbocycles. The first-order valence-corrected chi connectivity index (χ1v) is 7.12. The smallest absolute Gasteiger partial charge is 0.0815 e. The van der Waals surface area contributed by atoms with Crippen LogP contribution in [-0.4, -0.2) is 17.7 Å². The third kappa shape index (κ3) is 3.54. The lowest BCUT2D eigenvalue weighted by Crippen LogP contribution is -2.38. The third-order valence-corrected chi connectivity index (χ3v) is 4.25. The summed E-state index contributed by atoms with van der Waals surface area (Å²) in [5, 5.41) is 13.8. The largest absolute Gasteiger partial charge is 0.388 e. The van der Waals surface area contributed by atoms with Crippen molar-refractivity contribution < 1.29 is 5.11 Å². The summed E-state index contributed by atoms with van der Waals surface area (Å²) in [7, 11) is 0. The Morgan fingerprint density at radius 3 is 2.94 bits per heavy atom. The lowest BCUT2D eigenvalue weighted by atomic mass is 9.90. The molecule has 2 nitrogen and oxygen atoms in total. The van der Waals surface area contributed by atoms with Crippen molar-refractivity contribution in [3.63, 3.8) is 0 Å². The number of piperidine rings is 1. The molecule has 0 amide bonds. The first-order chi connectivity index (χ1) is 8.16. The number of hydrogen-bond acceptors (Lipinski definition) is 2. The summed E-state index contributed by atoms with van der Waals surface area (Å²) in [6, 6.07) is 8.36. The first-order valence-electron chi connectivity index (χ1n) is 6.32. The number of aliphatic hydroxyl groups excluding tert-OH is 1. The van der Waals surface area contributed by atoms with Crippen molar-refractivity contribution in [3.05, 3.63) is 34.3 Å². The van der Waals surface area contributed by atoms with Gasteiger partial charge in [-0.2, -0.15) is 0 Å². The fourth-order valence-corrected chi connectivity index (χ4v) is 3.09. The van der Waals surface area contributed by atoms with Crippen molar-refractivity contribution in [2.24, 2.45) is 5.92 Å². The summed E-state index contributed by atoms with van der Waals surface area (Å²) in [6.45, 7) is 3.37. The molecule has 17 heavy (non-hydrogen) atoms. The minimum Gasteiger partial charge on any atom is -0.388 e. The van der Waals surface area contributed by atoms with Gasteiger partial charge in [0.15, 0.2) is 0 Å². The summed E-state index contributed by atoms with van der Waals surface area (Å²) in [6.07, 6.45) is 2.84. The predicted molar refractivity (Wildman–Crippen MR) is 73.9 cm³/mol. The zero-order valence-corrected chi connectivity index (χ0v) is 11.8. The van der Waals surface area contributed by atoms with Gasteiger partial charge in [0.05, 0.1) is 6.10 Å². The van der Waals surface area contributed by atoms with E-state index in [0.717, 1.165) is 28.9 Å². The molecule has 1 heterocycles. The number of rotatable bonds is 3. The maximum absolute atomic E-state index is 10.3. The Bertz CT molecular complexity index is 369. The van der Waals surface area contributed by atoms with Crippen LogP contribution < -0.4 is 5.32 Å². The summed E-state index contributed by atoms with van der Waals surface area (Å²) < 4.78 is 0.997. The normalized spacial score (nSPS) is 26.8. The molecule has 2 N–H and O–H groups in total. The Balaban J connectivity index is 1.97. The average molecular weight is 298 g/mol. The highest BCUT2D eigenvalue weighted by Crippen LogP contribution is 2.28. The van der Waals surface area contributed by atoms with Crippen LogP contribution in [0.3, 0.4) is 0 Å². The van der Waals surface area contributed by atoms with Gasteiger partial charge in [0, 0.05) is 10.5 Å².